The molecule has 2 atom stereocenters. The topological polar surface area (TPSA) is 73.9 Å². The Morgan fingerprint density at radius 3 is 1.61 bits per heavy atom. The molecule has 0 saturated carbocycles. The summed E-state index contributed by atoms with van der Waals surface area (Å²) in [4.78, 5) is 27.6. The molecule has 0 aliphatic carbocycles. The van der Waals surface area contributed by atoms with Gasteiger partial charge in [0.1, 0.15) is 6.04 Å². The predicted molar refractivity (Wildman–Crippen MR) is 160 cm³/mol. The number of amides is 1. The van der Waals surface area contributed by atoms with Crippen LogP contribution in [0.3, 0.4) is 0 Å². The normalized spacial score (nSPS) is 13.8. The Bertz CT molecular complexity index is 1450. The number of alkyl halides is 3. The van der Waals surface area contributed by atoms with E-state index in [0.29, 0.717) is 23.1 Å². The average Bonchev–Trinajstić information content (AvgIpc) is 3.04. The van der Waals surface area contributed by atoms with Crippen LogP contribution in [0.15, 0.2) is 121 Å². The zero-order chi connectivity index (χ0) is 31.6. The SMILES string of the molecule is CCCCOC(=O)OC(c1ccccc1)(c1ccccc1)[C@@H](NC(=O)[C@](OC)(c1ccccc1)C(F)(F)F)c1ccccc1. The lowest BCUT2D eigenvalue weighted by Gasteiger charge is -2.43. The van der Waals surface area contributed by atoms with Crippen LogP contribution in [0.1, 0.15) is 48.1 Å². The largest absolute Gasteiger partial charge is 0.509 e. The summed E-state index contributed by atoms with van der Waals surface area (Å²) in [6, 6.07) is 30.7. The summed E-state index contributed by atoms with van der Waals surface area (Å²) in [6.45, 7) is 2.01. The number of nitrogens with one attached hydrogen (secondary N) is 1. The lowest BCUT2D eigenvalue weighted by molar-refractivity contribution is -0.266. The van der Waals surface area contributed by atoms with Crippen LogP contribution in [0.4, 0.5) is 18.0 Å². The van der Waals surface area contributed by atoms with Gasteiger partial charge in [-0.05, 0) is 12.0 Å². The second-order valence-electron chi connectivity index (χ2n) is 10.1. The number of benzene rings is 4. The number of rotatable bonds is 12. The molecule has 0 aliphatic heterocycles. The molecule has 0 aliphatic rings. The van der Waals surface area contributed by atoms with E-state index in [9.17, 15) is 22.8 Å². The molecule has 0 heterocycles. The molecule has 4 rings (SSSR count). The van der Waals surface area contributed by atoms with E-state index in [1.54, 1.807) is 97.1 Å². The fraction of sp³-hybridized carbons (Fsp3) is 0.257. The van der Waals surface area contributed by atoms with Gasteiger partial charge in [0.2, 0.25) is 0 Å². The Kier molecular flexibility index (Phi) is 10.4. The lowest BCUT2D eigenvalue weighted by atomic mass is 9.76. The minimum atomic E-state index is -5.17. The van der Waals surface area contributed by atoms with Crippen molar-refractivity contribution in [1.29, 1.82) is 0 Å². The van der Waals surface area contributed by atoms with Crippen molar-refractivity contribution in [3.05, 3.63) is 144 Å². The van der Waals surface area contributed by atoms with Crippen LogP contribution >= 0.6 is 0 Å². The number of unbranched alkanes of at least 4 members (excludes halogenated alkanes) is 1. The van der Waals surface area contributed by atoms with Crippen LogP contribution in [-0.2, 0) is 30.2 Å². The van der Waals surface area contributed by atoms with Gasteiger partial charge in [0.05, 0.1) is 6.61 Å². The number of carbonyl (C=O) groups is 2. The predicted octanol–water partition coefficient (Wildman–Crippen LogP) is 7.85. The molecule has 44 heavy (non-hydrogen) atoms. The molecule has 1 amide bonds. The summed E-state index contributed by atoms with van der Waals surface area (Å²) in [5.41, 5.74) is -4.53. The maximum Gasteiger partial charge on any atom is 0.509 e. The van der Waals surface area contributed by atoms with Gasteiger partial charge in [0.15, 0.2) is 5.60 Å². The Morgan fingerprint density at radius 2 is 1.18 bits per heavy atom. The summed E-state index contributed by atoms with van der Waals surface area (Å²) in [5, 5.41) is 2.62. The molecule has 6 nitrogen and oxygen atoms in total. The summed E-state index contributed by atoms with van der Waals surface area (Å²) < 4.78 is 61.7. The third-order valence-corrected chi connectivity index (χ3v) is 7.39. The van der Waals surface area contributed by atoms with Crippen molar-refractivity contribution in [3.63, 3.8) is 0 Å². The third-order valence-electron chi connectivity index (χ3n) is 7.39. The highest BCUT2D eigenvalue weighted by Gasteiger charge is 2.64. The van der Waals surface area contributed by atoms with Crippen LogP contribution in [0, 0.1) is 0 Å². The molecule has 0 saturated heterocycles. The zero-order valence-electron chi connectivity index (χ0n) is 24.4. The van der Waals surface area contributed by atoms with E-state index in [2.05, 4.69) is 5.32 Å². The van der Waals surface area contributed by atoms with Gasteiger partial charge >= 0.3 is 12.3 Å². The first-order chi connectivity index (χ1) is 21.2. The van der Waals surface area contributed by atoms with Gasteiger partial charge in [-0.25, -0.2) is 4.79 Å². The van der Waals surface area contributed by atoms with Gasteiger partial charge in [0.25, 0.3) is 11.5 Å². The number of hydrogen-bond acceptors (Lipinski definition) is 5. The van der Waals surface area contributed by atoms with Crippen LogP contribution in [0.25, 0.3) is 0 Å². The first kappa shape index (κ1) is 32.3. The molecule has 230 valence electrons. The average molecular weight is 606 g/mol. The Hall–Kier alpha value is -4.63. The summed E-state index contributed by atoms with van der Waals surface area (Å²) in [7, 11) is 0.834. The highest BCUT2D eigenvalue weighted by molar-refractivity contribution is 5.88. The number of ether oxygens (including phenoxy) is 3. The molecule has 0 fully saturated rings. The number of methoxy groups -OCH3 is 1. The van der Waals surface area contributed by atoms with Crippen molar-refractivity contribution in [1.82, 2.24) is 5.32 Å². The van der Waals surface area contributed by atoms with Gasteiger partial charge in [0, 0.05) is 23.8 Å². The van der Waals surface area contributed by atoms with Crippen molar-refractivity contribution < 1.29 is 37.0 Å². The smallest absolute Gasteiger partial charge is 0.434 e. The molecule has 9 heteroatoms. The molecular formula is C35H34F3NO5. The van der Waals surface area contributed by atoms with Crippen LogP contribution in [0.5, 0.6) is 0 Å². The molecule has 4 aromatic carbocycles. The van der Waals surface area contributed by atoms with E-state index in [-0.39, 0.29) is 6.61 Å². The van der Waals surface area contributed by atoms with Gasteiger partial charge in [-0.3, -0.25) is 4.79 Å². The molecule has 0 bridgehead atoms. The fourth-order valence-electron chi connectivity index (χ4n) is 5.23. The molecular weight excluding hydrogens is 571 g/mol. The number of carbonyl (C=O) groups excluding carboxylic acids is 2. The highest BCUT2D eigenvalue weighted by Crippen LogP contribution is 2.47. The molecule has 0 aromatic heterocycles. The highest BCUT2D eigenvalue weighted by atomic mass is 19.4. The van der Waals surface area contributed by atoms with Crippen molar-refractivity contribution in [2.24, 2.45) is 0 Å². The van der Waals surface area contributed by atoms with Crippen molar-refractivity contribution in [2.75, 3.05) is 13.7 Å². The van der Waals surface area contributed by atoms with E-state index in [0.717, 1.165) is 13.5 Å². The van der Waals surface area contributed by atoms with Gasteiger partial charge in [-0.15, -0.1) is 0 Å². The lowest BCUT2D eigenvalue weighted by Crippen LogP contribution is -2.59. The van der Waals surface area contributed by atoms with E-state index < -0.39 is 41.0 Å². The fourth-order valence-corrected chi connectivity index (χ4v) is 5.23. The van der Waals surface area contributed by atoms with E-state index >= 15 is 0 Å². The Morgan fingerprint density at radius 1 is 0.727 bits per heavy atom. The summed E-state index contributed by atoms with van der Waals surface area (Å²) in [6.07, 6.45) is -4.87. The minimum Gasteiger partial charge on any atom is -0.434 e. The molecule has 0 unspecified atom stereocenters. The van der Waals surface area contributed by atoms with Crippen molar-refractivity contribution in [2.45, 2.75) is 43.2 Å². The summed E-state index contributed by atoms with van der Waals surface area (Å²) in [5.74, 6) is -1.49. The minimum absolute atomic E-state index is 0.0756. The number of halogens is 3. The first-order valence-corrected chi connectivity index (χ1v) is 14.2. The van der Waals surface area contributed by atoms with E-state index in [1.807, 2.05) is 6.92 Å². The summed E-state index contributed by atoms with van der Waals surface area (Å²) >= 11 is 0. The van der Waals surface area contributed by atoms with Crippen LogP contribution in [-0.4, -0.2) is 32.0 Å². The zero-order valence-corrected chi connectivity index (χ0v) is 24.4. The second-order valence-corrected chi connectivity index (χ2v) is 10.1. The maximum atomic E-state index is 15.0. The molecule has 4 aromatic rings. The van der Waals surface area contributed by atoms with Crippen molar-refractivity contribution >= 4 is 12.1 Å². The van der Waals surface area contributed by atoms with Gasteiger partial charge < -0.3 is 19.5 Å². The second kappa shape index (κ2) is 14.2. The van der Waals surface area contributed by atoms with Gasteiger partial charge in [-0.2, -0.15) is 13.2 Å². The molecule has 0 radical (unpaired) electrons. The standard InChI is InChI=1S/C35H34F3NO5/c1-3-4-25-43-32(41)44-33(27-19-11-6-12-20-27,28-21-13-7-14-22-28)30(26-17-9-5-10-18-26)39-31(40)34(42-2,35(36,37)38)29-23-15-8-16-24-29/h5-24,30H,3-4,25H2,1-2H3,(H,39,40)/t30-,34+/m0/s1. The molecule has 1 N–H and O–H groups in total. The number of hydrogen-bond donors (Lipinski definition) is 1. The molecule has 0 spiro atoms. The monoisotopic (exact) mass is 605 g/mol. The van der Waals surface area contributed by atoms with Gasteiger partial charge in [-0.1, -0.05) is 135 Å². The Balaban J connectivity index is 1.99. The van der Waals surface area contributed by atoms with Crippen LogP contribution < -0.4 is 5.32 Å². The first-order valence-electron chi connectivity index (χ1n) is 14.2. The third kappa shape index (κ3) is 6.48. The van der Waals surface area contributed by atoms with Crippen molar-refractivity contribution in [3.8, 4) is 0 Å². The van der Waals surface area contributed by atoms with E-state index in [4.69, 9.17) is 14.2 Å². The van der Waals surface area contributed by atoms with E-state index in [1.165, 1.54) is 24.3 Å². The Labute approximate surface area is 254 Å². The van der Waals surface area contributed by atoms with Crippen LogP contribution in [0.2, 0.25) is 0 Å². The quantitative estimate of drug-likeness (QED) is 0.132. The maximum absolute atomic E-state index is 15.0.